The van der Waals surface area contributed by atoms with Gasteiger partial charge in [0.2, 0.25) is 0 Å². The Morgan fingerprint density at radius 2 is 2.33 bits per heavy atom. The largest absolute Gasteiger partial charge is 0.389 e. The van der Waals surface area contributed by atoms with Crippen LogP contribution in [0, 0.1) is 12.8 Å². The SMILES string of the molecule is Cc1cc(NCC2CCOC2C)ccc1C(N)=S. The van der Waals surface area contributed by atoms with Crippen molar-refractivity contribution >= 4 is 22.9 Å². The van der Waals surface area contributed by atoms with Gasteiger partial charge in [0.25, 0.3) is 0 Å². The first kappa shape index (κ1) is 13.3. The molecule has 1 fully saturated rings. The molecule has 4 heteroatoms. The van der Waals surface area contributed by atoms with E-state index in [9.17, 15) is 0 Å². The lowest BCUT2D eigenvalue weighted by Crippen LogP contribution is -2.20. The Morgan fingerprint density at radius 1 is 1.56 bits per heavy atom. The quantitative estimate of drug-likeness (QED) is 0.820. The van der Waals surface area contributed by atoms with Crippen LogP contribution >= 0.6 is 12.2 Å². The van der Waals surface area contributed by atoms with Crippen LogP contribution in [-0.4, -0.2) is 24.2 Å². The molecule has 0 aliphatic carbocycles. The molecule has 2 atom stereocenters. The molecule has 0 bridgehead atoms. The van der Waals surface area contributed by atoms with Gasteiger partial charge in [0.1, 0.15) is 4.99 Å². The van der Waals surface area contributed by atoms with Crippen LogP contribution in [0.1, 0.15) is 24.5 Å². The zero-order valence-corrected chi connectivity index (χ0v) is 11.7. The van der Waals surface area contributed by atoms with E-state index in [1.807, 2.05) is 19.1 Å². The Bertz CT molecular complexity index is 447. The lowest BCUT2D eigenvalue weighted by Gasteiger charge is -2.16. The van der Waals surface area contributed by atoms with Gasteiger partial charge >= 0.3 is 0 Å². The molecule has 0 saturated carbocycles. The summed E-state index contributed by atoms with van der Waals surface area (Å²) in [7, 11) is 0. The highest BCUT2D eigenvalue weighted by molar-refractivity contribution is 7.80. The molecule has 98 valence electrons. The summed E-state index contributed by atoms with van der Waals surface area (Å²) in [5.74, 6) is 0.598. The van der Waals surface area contributed by atoms with Gasteiger partial charge in [-0.3, -0.25) is 0 Å². The topological polar surface area (TPSA) is 47.3 Å². The molecule has 3 N–H and O–H groups in total. The minimum absolute atomic E-state index is 0.356. The number of aryl methyl sites for hydroxylation is 1. The highest BCUT2D eigenvalue weighted by Gasteiger charge is 2.23. The normalized spacial score (nSPS) is 23.0. The van der Waals surface area contributed by atoms with Crippen molar-refractivity contribution in [1.29, 1.82) is 0 Å². The number of nitrogens with two attached hydrogens (primary N) is 1. The van der Waals surface area contributed by atoms with Crippen molar-refractivity contribution in [2.24, 2.45) is 11.7 Å². The molecular formula is C14H20N2OS. The molecule has 1 aromatic rings. The van der Waals surface area contributed by atoms with E-state index in [1.54, 1.807) is 0 Å². The first-order valence-electron chi connectivity index (χ1n) is 6.34. The van der Waals surface area contributed by atoms with E-state index in [2.05, 4.69) is 18.3 Å². The third-order valence-electron chi connectivity index (χ3n) is 3.59. The second kappa shape index (κ2) is 5.67. The van der Waals surface area contributed by atoms with Gasteiger partial charge in [-0.25, -0.2) is 0 Å². The summed E-state index contributed by atoms with van der Waals surface area (Å²) >= 11 is 5.00. The standard InChI is InChI=1S/C14H20N2OS/c1-9-7-12(3-4-13(9)14(15)18)16-8-11-5-6-17-10(11)2/h3-4,7,10-11,16H,5-6,8H2,1-2H3,(H2,15,18). The van der Waals surface area contributed by atoms with Crippen LogP contribution in [0.15, 0.2) is 18.2 Å². The molecule has 18 heavy (non-hydrogen) atoms. The number of nitrogens with one attached hydrogen (secondary N) is 1. The summed E-state index contributed by atoms with van der Waals surface area (Å²) in [5, 5.41) is 3.46. The molecule has 2 rings (SSSR count). The van der Waals surface area contributed by atoms with E-state index in [-0.39, 0.29) is 0 Å². The van der Waals surface area contributed by atoms with Crippen molar-refractivity contribution < 1.29 is 4.74 Å². The van der Waals surface area contributed by atoms with E-state index in [4.69, 9.17) is 22.7 Å². The number of benzene rings is 1. The second-order valence-corrected chi connectivity index (χ2v) is 5.34. The summed E-state index contributed by atoms with van der Waals surface area (Å²) in [6, 6.07) is 6.10. The molecule has 0 radical (unpaired) electrons. The molecule has 0 spiro atoms. The molecule has 0 aromatic heterocycles. The molecule has 3 nitrogen and oxygen atoms in total. The van der Waals surface area contributed by atoms with Crippen LogP contribution in [0.25, 0.3) is 0 Å². The van der Waals surface area contributed by atoms with E-state index >= 15 is 0 Å². The Morgan fingerprint density at radius 3 is 2.89 bits per heavy atom. The maximum Gasteiger partial charge on any atom is 0.104 e. The molecule has 1 heterocycles. The number of hydrogen-bond donors (Lipinski definition) is 2. The highest BCUT2D eigenvalue weighted by Crippen LogP contribution is 2.22. The van der Waals surface area contributed by atoms with Gasteiger partial charge in [0.05, 0.1) is 6.10 Å². The van der Waals surface area contributed by atoms with E-state index in [1.165, 1.54) is 0 Å². The number of hydrogen-bond acceptors (Lipinski definition) is 3. The Labute approximate surface area is 114 Å². The van der Waals surface area contributed by atoms with E-state index in [0.717, 1.165) is 36.4 Å². The van der Waals surface area contributed by atoms with Crippen molar-refractivity contribution in [3.8, 4) is 0 Å². The highest BCUT2D eigenvalue weighted by atomic mass is 32.1. The van der Waals surface area contributed by atoms with Gasteiger partial charge < -0.3 is 15.8 Å². The first-order chi connectivity index (χ1) is 8.58. The maximum atomic E-state index is 5.65. The summed E-state index contributed by atoms with van der Waals surface area (Å²) in [6.45, 7) is 6.00. The van der Waals surface area contributed by atoms with Gasteiger partial charge in [0.15, 0.2) is 0 Å². The van der Waals surface area contributed by atoms with Gasteiger partial charge in [-0.1, -0.05) is 12.2 Å². The fraction of sp³-hybridized carbons (Fsp3) is 0.500. The summed E-state index contributed by atoms with van der Waals surface area (Å²) in [6.07, 6.45) is 1.49. The molecule has 1 saturated heterocycles. The summed E-state index contributed by atoms with van der Waals surface area (Å²) in [4.78, 5) is 0.455. The Balaban J connectivity index is 1.98. The lowest BCUT2D eigenvalue weighted by atomic mass is 10.0. The minimum atomic E-state index is 0.356. The van der Waals surface area contributed by atoms with Crippen molar-refractivity contribution in [2.45, 2.75) is 26.4 Å². The Hall–Kier alpha value is -1.13. The number of rotatable bonds is 4. The van der Waals surface area contributed by atoms with E-state index < -0.39 is 0 Å². The fourth-order valence-corrected chi connectivity index (χ4v) is 2.57. The van der Waals surface area contributed by atoms with Crippen LogP contribution < -0.4 is 11.1 Å². The third-order valence-corrected chi connectivity index (χ3v) is 3.81. The van der Waals surface area contributed by atoms with Gasteiger partial charge in [0, 0.05) is 30.3 Å². The number of thiocarbonyl (C=S) groups is 1. The molecule has 0 amide bonds. The lowest BCUT2D eigenvalue weighted by molar-refractivity contribution is 0.108. The molecule has 1 aliphatic rings. The zero-order chi connectivity index (χ0) is 13.1. The maximum absolute atomic E-state index is 5.65. The van der Waals surface area contributed by atoms with Gasteiger partial charge in [-0.2, -0.15) is 0 Å². The molecule has 1 aliphatic heterocycles. The first-order valence-corrected chi connectivity index (χ1v) is 6.74. The average Bonchev–Trinajstić information content (AvgIpc) is 2.72. The smallest absolute Gasteiger partial charge is 0.104 e. The van der Waals surface area contributed by atoms with Crippen LogP contribution in [0.2, 0.25) is 0 Å². The van der Waals surface area contributed by atoms with Crippen molar-refractivity contribution in [3.63, 3.8) is 0 Å². The van der Waals surface area contributed by atoms with Crippen molar-refractivity contribution in [2.75, 3.05) is 18.5 Å². The number of ether oxygens (including phenoxy) is 1. The second-order valence-electron chi connectivity index (χ2n) is 4.90. The van der Waals surface area contributed by atoms with Gasteiger partial charge in [-0.15, -0.1) is 0 Å². The predicted octanol–water partition coefficient (Wildman–Crippen LogP) is 2.47. The minimum Gasteiger partial charge on any atom is -0.389 e. The predicted molar refractivity (Wildman–Crippen MR) is 79.1 cm³/mol. The average molecular weight is 264 g/mol. The molecule has 2 unspecified atom stereocenters. The molecular weight excluding hydrogens is 244 g/mol. The van der Waals surface area contributed by atoms with Crippen LogP contribution in [0.5, 0.6) is 0 Å². The van der Waals surface area contributed by atoms with Crippen LogP contribution in [0.4, 0.5) is 5.69 Å². The fourth-order valence-electron chi connectivity index (χ4n) is 2.34. The summed E-state index contributed by atoms with van der Waals surface area (Å²) < 4.78 is 5.55. The van der Waals surface area contributed by atoms with E-state index in [0.29, 0.717) is 17.0 Å². The Kier molecular flexibility index (Phi) is 4.19. The van der Waals surface area contributed by atoms with Crippen LogP contribution in [-0.2, 0) is 4.74 Å². The van der Waals surface area contributed by atoms with Crippen molar-refractivity contribution in [3.05, 3.63) is 29.3 Å². The third kappa shape index (κ3) is 3.00. The molecule has 1 aromatic carbocycles. The summed E-state index contributed by atoms with van der Waals surface area (Å²) in [5.41, 5.74) is 8.83. The zero-order valence-electron chi connectivity index (χ0n) is 10.9. The van der Waals surface area contributed by atoms with Crippen LogP contribution in [0.3, 0.4) is 0 Å². The van der Waals surface area contributed by atoms with Crippen molar-refractivity contribution in [1.82, 2.24) is 0 Å². The monoisotopic (exact) mass is 264 g/mol. The number of anilines is 1. The van der Waals surface area contributed by atoms with Gasteiger partial charge in [-0.05, 0) is 44.0 Å².